The minimum atomic E-state index is -0.306. The second kappa shape index (κ2) is 5.68. The molecule has 0 aliphatic rings. The number of ether oxygens (including phenoxy) is 1. The van der Waals surface area contributed by atoms with Gasteiger partial charge in [0.05, 0.1) is 18.7 Å². The van der Waals surface area contributed by atoms with Crippen molar-refractivity contribution in [3.05, 3.63) is 41.7 Å². The van der Waals surface area contributed by atoms with Crippen LogP contribution < -0.4 is 0 Å². The molecule has 94 valence electrons. The maximum atomic E-state index is 11.5. The summed E-state index contributed by atoms with van der Waals surface area (Å²) < 4.78 is 6.58. The zero-order chi connectivity index (χ0) is 13.0. The first-order chi connectivity index (χ1) is 8.70. The van der Waals surface area contributed by atoms with E-state index in [-0.39, 0.29) is 5.97 Å². The lowest BCUT2D eigenvalue weighted by atomic mass is 10.1. The molecule has 0 atom stereocenters. The number of esters is 1. The monoisotopic (exact) mass is 263 g/mol. The van der Waals surface area contributed by atoms with E-state index in [9.17, 15) is 4.79 Å². The van der Waals surface area contributed by atoms with Crippen LogP contribution in [0.25, 0.3) is 0 Å². The van der Waals surface area contributed by atoms with E-state index in [1.807, 2.05) is 12.1 Å². The van der Waals surface area contributed by atoms with Gasteiger partial charge in [0.2, 0.25) is 0 Å². The fourth-order valence-electron chi connectivity index (χ4n) is 1.50. The number of carbonyl (C=O) groups excluding carboxylic acids is 1. The van der Waals surface area contributed by atoms with Gasteiger partial charge in [0.25, 0.3) is 0 Å². The predicted octanol–water partition coefficient (Wildman–Crippen LogP) is 1.79. The number of benzene rings is 1. The minimum Gasteiger partial charge on any atom is -0.462 e. The van der Waals surface area contributed by atoms with Crippen molar-refractivity contribution in [2.45, 2.75) is 18.6 Å². The third-order valence-corrected chi connectivity index (χ3v) is 2.74. The maximum Gasteiger partial charge on any atom is 0.338 e. The van der Waals surface area contributed by atoms with Crippen LogP contribution in [0.4, 0.5) is 0 Å². The van der Waals surface area contributed by atoms with Crippen LogP contribution in [0.5, 0.6) is 0 Å². The molecule has 0 radical (unpaired) electrons. The number of aromatic nitrogens is 3. The molecule has 0 unspecified atom stereocenters. The second-order valence-electron chi connectivity index (χ2n) is 3.64. The van der Waals surface area contributed by atoms with Crippen LogP contribution in [0.1, 0.15) is 22.8 Å². The Morgan fingerprint density at radius 3 is 2.67 bits per heavy atom. The van der Waals surface area contributed by atoms with Crippen molar-refractivity contribution >= 4 is 18.6 Å². The number of hydrogen-bond acceptors (Lipinski definition) is 5. The zero-order valence-corrected chi connectivity index (χ0v) is 10.8. The molecule has 0 bridgehead atoms. The third kappa shape index (κ3) is 2.89. The number of nitrogens with zero attached hydrogens (tertiary/aromatic N) is 3. The van der Waals surface area contributed by atoms with Gasteiger partial charge >= 0.3 is 5.97 Å². The van der Waals surface area contributed by atoms with Crippen LogP contribution in [0.2, 0.25) is 0 Å². The van der Waals surface area contributed by atoms with Crippen molar-refractivity contribution in [2.75, 3.05) is 6.61 Å². The van der Waals surface area contributed by atoms with Crippen molar-refractivity contribution < 1.29 is 9.53 Å². The molecular weight excluding hydrogens is 250 g/mol. The molecule has 1 heterocycles. The minimum absolute atomic E-state index is 0.306. The Kier molecular flexibility index (Phi) is 3.99. The molecule has 1 aromatic carbocycles. The number of carbonyl (C=O) groups is 1. The fourth-order valence-corrected chi connectivity index (χ4v) is 1.68. The molecule has 0 saturated heterocycles. The molecule has 0 aliphatic carbocycles. The molecule has 0 amide bonds. The van der Waals surface area contributed by atoms with Gasteiger partial charge in [0.1, 0.15) is 6.33 Å². The van der Waals surface area contributed by atoms with Crippen molar-refractivity contribution in [1.82, 2.24) is 14.8 Å². The number of rotatable bonds is 4. The standard InChI is InChI=1S/C12H13N3O2S/c1-2-17-11(16)10-5-3-9(4-6-10)7-15-12(18)13-8-14-15/h3-6,8H,2,7H2,1H3,(H,13,14,18). The first-order valence-corrected chi connectivity index (χ1v) is 5.98. The quantitative estimate of drug-likeness (QED) is 0.675. The molecule has 18 heavy (non-hydrogen) atoms. The summed E-state index contributed by atoms with van der Waals surface area (Å²) in [4.78, 5) is 15.4. The Bertz CT molecular complexity index is 537. The summed E-state index contributed by atoms with van der Waals surface area (Å²) in [6.45, 7) is 2.73. The summed E-state index contributed by atoms with van der Waals surface area (Å²) in [6, 6.07) is 7.20. The summed E-state index contributed by atoms with van der Waals surface area (Å²) in [7, 11) is 0. The van der Waals surface area contributed by atoms with Gasteiger partial charge in [0.15, 0.2) is 5.16 Å². The topological polar surface area (TPSA) is 57.0 Å². The molecule has 0 saturated carbocycles. The van der Waals surface area contributed by atoms with Crippen LogP contribution in [-0.2, 0) is 11.3 Å². The molecule has 0 fully saturated rings. The van der Waals surface area contributed by atoms with Crippen LogP contribution in [-0.4, -0.2) is 27.3 Å². The Hall–Kier alpha value is -1.82. The molecule has 1 aromatic heterocycles. The second-order valence-corrected chi connectivity index (χ2v) is 4.04. The predicted molar refractivity (Wildman–Crippen MR) is 68.8 cm³/mol. The fraction of sp³-hybridized carbons (Fsp3) is 0.250. The molecule has 0 aliphatic heterocycles. The van der Waals surface area contributed by atoms with E-state index >= 15 is 0 Å². The van der Waals surface area contributed by atoms with Crippen LogP contribution in [0, 0.1) is 0 Å². The summed E-state index contributed by atoms with van der Waals surface area (Å²) in [5, 5.41) is 4.60. The highest BCUT2D eigenvalue weighted by Gasteiger charge is 2.06. The van der Waals surface area contributed by atoms with Gasteiger partial charge in [-0.25, -0.2) is 14.5 Å². The Morgan fingerprint density at radius 1 is 1.39 bits per heavy atom. The summed E-state index contributed by atoms with van der Waals surface area (Å²) >= 11 is 4.18. The van der Waals surface area contributed by atoms with E-state index in [0.29, 0.717) is 23.9 Å². The average Bonchev–Trinajstić information content (AvgIpc) is 2.76. The highest BCUT2D eigenvalue weighted by molar-refractivity contribution is 7.80. The highest BCUT2D eigenvalue weighted by atomic mass is 32.1. The van der Waals surface area contributed by atoms with Gasteiger partial charge in [-0.2, -0.15) is 5.10 Å². The third-order valence-electron chi connectivity index (χ3n) is 2.39. The molecule has 0 spiro atoms. The molecule has 5 nitrogen and oxygen atoms in total. The van der Waals surface area contributed by atoms with Gasteiger partial charge in [0, 0.05) is 0 Å². The molecular formula is C12H13N3O2S. The Labute approximate surface area is 110 Å². The van der Waals surface area contributed by atoms with Crippen molar-refractivity contribution in [2.24, 2.45) is 0 Å². The van der Waals surface area contributed by atoms with Gasteiger partial charge in [-0.1, -0.05) is 12.1 Å². The SMILES string of the molecule is CCOC(=O)c1ccc(Cn2ncnc2S)cc1. The maximum absolute atomic E-state index is 11.5. The van der Waals surface area contributed by atoms with Gasteiger partial charge in [-0.05, 0) is 24.6 Å². The summed E-state index contributed by atoms with van der Waals surface area (Å²) in [6.07, 6.45) is 1.45. The molecule has 2 rings (SSSR count). The largest absolute Gasteiger partial charge is 0.462 e. The van der Waals surface area contributed by atoms with Crippen molar-refractivity contribution in [1.29, 1.82) is 0 Å². The van der Waals surface area contributed by atoms with Crippen LogP contribution in [0.15, 0.2) is 35.7 Å². The summed E-state index contributed by atoms with van der Waals surface area (Å²) in [5.41, 5.74) is 1.56. The van der Waals surface area contributed by atoms with E-state index < -0.39 is 0 Å². The van der Waals surface area contributed by atoms with E-state index in [1.54, 1.807) is 23.7 Å². The van der Waals surface area contributed by atoms with E-state index in [0.717, 1.165) is 5.56 Å². The molecule has 0 N–H and O–H groups in total. The van der Waals surface area contributed by atoms with Crippen LogP contribution in [0.3, 0.4) is 0 Å². The van der Waals surface area contributed by atoms with E-state index in [1.165, 1.54) is 6.33 Å². The lowest BCUT2D eigenvalue weighted by Crippen LogP contribution is -2.06. The smallest absolute Gasteiger partial charge is 0.338 e. The lowest BCUT2D eigenvalue weighted by Gasteiger charge is -2.05. The van der Waals surface area contributed by atoms with Gasteiger partial charge in [-0.3, -0.25) is 0 Å². The summed E-state index contributed by atoms with van der Waals surface area (Å²) in [5.74, 6) is -0.306. The zero-order valence-electron chi connectivity index (χ0n) is 9.91. The van der Waals surface area contributed by atoms with Crippen molar-refractivity contribution in [3.63, 3.8) is 0 Å². The first-order valence-electron chi connectivity index (χ1n) is 5.53. The Morgan fingerprint density at radius 2 is 2.11 bits per heavy atom. The van der Waals surface area contributed by atoms with Crippen molar-refractivity contribution in [3.8, 4) is 0 Å². The molecule has 2 aromatic rings. The van der Waals surface area contributed by atoms with Crippen LogP contribution >= 0.6 is 12.6 Å². The first kappa shape index (κ1) is 12.6. The van der Waals surface area contributed by atoms with Gasteiger partial charge < -0.3 is 4.74 Å². The number of thiol groups is 1. The normalized spacial score (nSPS) is 10.3. The molecule has 6 heteroatoms. The number of hydrogen-bond donors (Lipinski definition) is 1. The van der Waals surface area contributed by atoms with Gasteiger partial charge in [-0.15, -0.1) is 12.6 Å². The highest BCUT2D eigenvalue weighted by Crippen LogP contribution is 2.09. The van der Waals surface area contributed by atoms with E-state index in [2.05, 4.69) is 22.7 Å². The Balaban J connectivity index is 2.08. The lowest BCUT2D eigenvalue weighted by molar-refractivity contribution is 0.0526. The van der Waals surface area contributed by atoms with E-state index in [4.69, 9.17) is 4.74 Å². The average molecular weight is 263 g/mol.